The second kappa shape index (κ2) is 9.53. The molecular weight excluding hydrogens is 406 g/mol. The van der Waals surface area contributed by atoms with Gasteiger partial charge in [-0.1, -0.05) is 39.0 Å². The average molecular weight is 432 g/mol. The van der Waals surface area contributed by atoms with E-state index in [0.29, 0.717) is 16.1 Å². The summed E-state index contributed by atoms with van der Waals surface area (Å²) in [6, 6.07) is 8.34. The molecule has 0 spiro atoms. The highest BCUT2D eigenvalue weighted by Gasteiger charge is 2.27. The van der Waals surface area contributed by atoms with E-state index in [0.717, 1.165) is 4.88 Å². The topological polar surface area (TPSA) is 114 Å². The molecule has 0 saturated carbocycles. The van der Waals surface area contributed by atoms with Gasteiger partial charge in [0.1, 0.15) is 5.00 Å². The molecule has 0 aliphatic rings. The van der Waals surface area contributed by atoms with Crippen molar-refractivity contribution >= 4 is 40.0 Å². The van der Waals surface area contributed by atoms with Crippen molar-refractivity contribution in [3.63, 3.8) is 0 Å². The number of anilines is 1. The van der Waals surface area contributed by atoms with E-state index < -0.39 is 29.8 Å². The third kappa shape index (κ3) is 5.90. The minimum atomic E-state index is -0.731. The molecule has 3 N–H and O–H groups in total. The Bertz CT molecular complexity index is 961. The lowest BCUT2D eigenvalue weighted by Gasteiger charge is -2.17. The summed E-state index contributed by atoms with van der Waals surface area (Å²) >= 11 is 1.27. The van der Waals surface area contributed by atoms with Crippen LogP contribution in [0.25, 0.3) is 0 Å². The molecule has 0 fully saturated rings. The van der Waals surface area contributed by atoms with Gasteiger partial charge < -0.3 is 10.1 Å². The number of ether oxygens (including phenoxy) is 1. The lowest BCUT2D eigenvalue weighted by Crippen LogP contribution is -2.43. The average Bonchev–Trinajstić information content (AvgIpc) is 2.97. The number of carbonyl (C=O) groups is 4. The van der Waals surface area contributed by atoms with E-state index in [9.17, 15) is 19.2 Å². The van der Waals surface area contributed by atoms with E-state index in [1.54, 1.807) is 58.0 Å². The zero-order valence-electron chi connectivity index (χ0n) is 17.5. The summed E-state index contributed by atoms with van der Waals surface area (Å²) in [5, 5.41) is 3.14. The molecular formula is C21H25N3O5S. The van der Waals surface area contributed by atoms with Gasteiger partial charge in [0.25, 0.3) is 11.8 Å². The number of hydrogen-bond acceptors (Lipinski definition) is 6. The van der Waals surface area contributed by atoms with Gasteiger partial charge in [0.05, 0.1) is 5.56 Å². The predicted octanol–water partition coefficient (Wildman–Crippen LogP) is 2.97. The van der Waals surface area contributed by atoms with Gasteiger partial charge >= 0.3 is 5.97 Å². The SMILES string of the molecule is Cc1sc(NC(=O)C(C)(C)C)c(C(=O)OCC(=O)NNC(=O)c2ccccc2)c1C. The highest BCUT2D eigenvalue weighted by Crippen LogP contribution is 2.34. The molecule has 1 aromatic carbocycles. The van der Waals surface area contributed by atoms with Crippen LogP contribution in [0.5, 0.6) is 0 Å². The van der Waals surface area contributed by atoms with Gasteiger partial charge in [0.15, 0.2) is 6.61 Å². The molecule has 0 unspecified atom stereocenters. The van der Waals surface area contributed by atoms with Gasteiger partial charge in [-0.2, -0.15) is 0 Å². The van der Waals surface area contributed by atoms with Crippen molar-refractivity contribution in [1.82, 2.24) is 10.9 Å². The number of rotatable bonds is 5. The molecule has 0 bridgehead atoms. The number of benzene rings is 1. The van der Waals surface area contributed by atoms with Crippen molar-refractivity contribution in [3.05, 3.63) is 51.9 Å². The maximum absolute atomic E-state index is 12.6. The van der Waals surface area contributed by atoms with Gasteiger partial charge in [-0.05, 0) is 31.5 Å². The van der Waals surface area contributed by atoms with Crippen LogP contribution in [0.2, 0.25) is 0 Å². The number of amides is 3. The van der Waals surface area contributed by atoms with Crippen molar-refractivity contribution in [3.8, 4) is 0 Å². The lowest BCUT2D eigenvalue weighted by molar-refractivity contribution is -0.125. The first-order valence-electron chi connectivity index (χ1n) is 9.23. The summed E-state index contributed by atoms with van der Waals surface area (Å²) in [5.74, 6) is -2.16. The van der Waals surface area contributed by atoms with Crippen molar-refractivity contribution in [2.75, 3.05) is 11.9 Å². The highest BCUT2D eigenvalue weighted by molar-refractivity contribution is 7.16. The molecule has 8 nitrogen and oxygen atoms in total. The summed E-state index contributed by atoms with van der Waals surface area (Å²) < 4.78 is 5.08. The molecule has 30 heavy (non-hydrogen) atoms. The first-order valence-corrected chi connectivity index (χ1v) is 10.0. The van der Waals surface area contributed by atoms with Crippen LogP contribution in [0.4, 0.5) is 5.00 Å². The maximum Gasteiger partial charge on any atom is 0.341 e. The number of hydrogen-bond donors (Lipinski definition) is 3. The van der Waals surface area contributed by atoms with Crippen LogP contribution >= 0.6 is 11.3 Å². The fourth-order valence-electron chi connectivity index (χ4n) is 2.28. The molecule has 2 rings (SSSR count). The van der Waals surface area contributed by atoms with Gasteiger partial charge in [-0.3, -0.25) is 25.2 Å². The molecule has 9 heteroatoms. The summed E-state index contributed by atoms with van der Waals surface area (Å²) in [6.45, 7) is 8.28. The molecule has 0 aliphatic carbocycles. The molecule has 0 radical (unpaired) electrons. The molecule has 0 saturated heterocycles. The summed E-state index contributed by atoms with van der Waals surface area (Å²) in [5.41, 5.74) is 5.07. The quantitative estimate of drug-likeness (QED) is 0.498. The van der Waals surface area contributed by atoms with Crippen molar-refractivity contribution in [2.45, 2.75) is 34.6 Å². The molecule has 0 aliphatic heterocycles. The normalized spacial score (nSPS) is 10.8. The van der Waals surface area contributed by atoms with E-state index in [-0.39, 0.29) is 11.5 Å². The number of nitrogens with one attached hydrogen (secondary N) is 3. The van der Waals surface area contributed by atoms with Crippen molar-refractivity contribution < 1.29 is 23.9 Å². The molecule has 1 aromatic heterocycles. The molecule has 0 atom stereocenters. The van der Waals surface area contributed by atoms with E-state index in [4.69, 9.17) is 4.74 Å². The number of hydrazine groups is 1. The lowest BCUT2D eigenvalue weighted by atomic mass is 9.96. The minimum absolute atomic E-state index is 0.219. The van der Waals surface area contributed by atoms with E-state index in [1.165, 1.54) is 11.3 Å². The number of carbonyl (C=O) groups excluding carboxylic acids is 4. The summed E-state index contributed by atoms with van der Waals surface area (Å²) in [4.78, 5) is 49.6. The standard InChI is InChI=1S/C21H25N3O5S/c1-12-13(2)30-18(22-20(28)21(3,4)5)16(12)19(27)29-11-15(25)23-24-17(26)14-9-7-6-8-10-14/h6-10H,11H2,1-5H3,(H,22,28)(H,23,25)(H,24,26). The van der Waals surface area contributed by atoms with Crippen LogP contribution in [0.1, 0.15) is 51.9 Å². The second-order valence-electron chi connectivity index (χ2n) is 7.64. The van der Waals surface area contributed by atoms with Gasteiger partial charge in [-0.25, -0.2) is 4.79 Å². The van der Waals surface area contributed by atoms with Gasteiger partial charge in [0, 0.05) is 15.9 Å². The van der Waals surface area contributed by atoms with Crippen LogP contribution in [0, 0.1) is 19.3 Å². The predicted molar refractivity (Wildman–Crippen MR) is 114 cm³/mol. The Labute approximate surface area is 179 Å². The monoisotopic (exact) mass is 431 g/mol. The maximum atomic E-state index is 12.6. The van der Waals surface area contributed by atoms with Crippen LogP contribution in [-0.4, -0.2) is 30.3 Å². The zero-order valence-corrected chi connectivity index (χ0v) is 18.4. The van der Waals surface area contributed by atoms with Crippen LogP contribution in [0.3, 0.4) is 0 Å². The van der Waals surface area contributed by atoms with Crippen LogP contribution in [-0.2, 0) is 14.3 Å². The first kappa shape index (κ1) is 23.1. The largest absolute Gasteiger partial charge is 0.452 e. The van der Waals surface area contributed by atoms with Crippen LogP contribution in [0.15, 0.2) is 30.3 Å². The van der Waals surface area contributed by atoms with Crippen LogP contribution < -0.4 is 16.2 Å². The third-order valence-corrected chi connectivity index (χ3v) is 5.31. The Morgan fingerprint density at radius 2 is 1.63 bits per heavy atom. The smallest absolute Gasteiger partial charge is 0.341 e. The number of esters is 1. The molecule has 160 valence electrons. The molecule has 2 aromatic rings. The Morgan fingerprint density at radius 3 is 2.23 bits per heavy atom. The fraction of sp³-hybridized carbons (Fsp3) is 0.333. The second-order valence-corrected chi connectivity index (χ2v) is 8.86. The van der Waals surface area contributed by atoms with E-state index in [1.807, 2.05) is 6.92 Å². The first-order chi connectivity index (χ1) is 14.0. The Morgan fingerprint density at radius 1 is 1.00 bits per heavy atom. The highest BCUT2D eigenvalue weighted by atomic mass is 32.1. The van der Waals surface area contributed by atoms with Crippen molar-refractivity contribution in [2.24, 2.45) is 5.41 Å². The zero-order chi connectivity index (χ0) is 22.5. The Hall–Kier alpha value is -3.20. The Kier molecular flexibility index (Phi) is 7.33. The fourth-order valence-corrected chi connectivity index (χ4v) is 3.32. The van der Waals surface area contributed by atoms with Gasteiger partial charge in [0.2, 0.25) is 5.91 Å². The summed E-state index contributed by atoms with van der Waals surface area (Å²) in [6.07, 6.45) is 0. The molecule has 1 heterocycles. The molecule has 3 amide bonds. The van der Waals surface area contributed by atoms with Crippen molar-refractivity contribution in [1.29, 1.82) is 0 Å². The van der Waals surface area contributed by atoms with E-state index in [2.05, 4.69) is 16.2 Å². The number of aryl methyl sites for hydroxylation is 1. The minimum Gasteiger partial charge on any atom is -0.452 e. The van der Waals surface area contributed by atoms with Gasteiger partial charge in [-0.15, -0.1) is 11.3 Å². The third-order valence-electron chi connectivity index (χ3n) is 4.18. The summed E-state index contributed by atoms with van der Waals surface area (Å²) in [7, 11) is 0. The van der Waals surface area contributed by atoms with E-state index >= 15 is 0 Å². The Balaban J connectivity index is 1.96. The number of thiophene rings is 1.